The fourth-order valence-electron chi connectivity index (χ4n) is 3.82. The van der Waals surface area contributed by atoms with E-state index in [4.69, 9.17) is 16.3 Å². The summed E-state index contributed by atoms with van der Waals surface area (Å²) in [5, 5.41) is 3.52. The van der Waals surface area contributed by atoms with Crippen LogP contribution in [0.1, 0.15) is 12.0 Å². The normalized spacial score (nSPS) is 19.0. The van der Waals surface area contributed by atoms with Crippen LogP contribution in [0.5, 0.6) is 5.75 Å². The molecule has 2 heterocycles. The zero-order chi connectivity index (χ0) is 20.2. The summed E-state index contributed by atoms with van der Waals surface area (Å²) in [4.78, 5) is 29.2. The molecule has 0 aromatic heterocycles. The number of ether oxygens (including phenoxy) is 1. The third-order valence-corrected chi connectivity index (χ3v) is 5.67. The molecule has 2 aliphatic rings. The Kier molecular flexibility index (Phi) is 5.90. The van der Waals surface area contributed by atoms with Crippen molar-refractivity contribution in [1.29, 1.82) is 0 Å². The SMILES string of the molecule is O=C(Nc1ccc(Cl)cc1)N1CCCN(C(=O)C2COc3ccccc3C2)CC1. The van der Waals surface area contributed by atoms with Crippen LogP contribution in [0, 0.1) is 5.92 Å². The Balaban J connectivity index is 1.33. The molecule has 2 aromatic rings. The first-order chi connectivity index (χ1) is 14.1. The first-order valence-electron chi connectivity index (χ1n) is 9.91. The topological polar surface area (TPSA) is 61.9 Å². The van der Waals surface area contributed by atoms with Gasteiger partial charge in [-0.05, 0) is 48.7 Å². The average molecular weight is 414 g/mol. The van der Waals surface area contributed by atoms with Crippen molar-refractivity contribution in [3.05, 3.63) is 59.1 Å². The van der Waals surface area contributed by atoms with E-state index in [1.807, 2.05) is 29.2 Å². The zero-order valence-corrected chi connectivity index (χ0v) is 16.9. The predicted molar refractivity (Wildman–Crippen MR) is 112 cm³/mol. The van der Waals surface area contributed by atoms with Crippen LogP contribution < -0.4 is 10.1 Å². The maximum absolute atomic E-state index is 13.0. The number of hydrogen-bond acceptors (Lipinski definition) is 3. The van der Waals surface area contributed by atoms with Gasteiger partial charge in [-0.3, -0.25) is 4.79 Å². The monoisotopic (exact) mass is 413 g/mol. The molecule has 1 unspecified atom stereocenters. The number of fused-ring (bicyclic) bond motifs is 1. The molecule has 3 amide bonds. The number of rotatable bonds is 2. The van der Waals surface area contributed by atoms with Crippen molar-refractivity contribution in [2.75, 3.05) is 38.1 Å². The Morgan fingerprint density at radius 2 is 1.69 bits per heavy atom. The van der Waals surface area contributed by atoms with E-state index in [0.29, 0.717) is 49.9 Å². The Labute approximate surface area is 175 Å². The van der Waals surface area contributed by atoms with Crippen LogP contribution in [-0.4, -0.2) is 54.5 Å². The van der Waals surface area contributed by atoms with Gasteiger partial charge in [-0.1, -0.05) is 29.8 Å². The number of amides is 3. The summed E-state index contributed by atoms with van der Waals surface area (Å²) in [6.45, 7) is 2.72. The van der Waals surface area contributed by atoms with Crippen LogP contribution in [0.15, 0.2) is 48.5 Å². The number of anilines is 1. The molecule has 152 valence electrons. The fourth-order valence-corrected chi connectivity index (χ4v) is 3.95. The molecule has 0 bridgehead atoms. The highest BCUT2D eigenvalue weighted by Gasteiger charge is 2.31. The van der Waals surface area contributed by atoms with Gasteiger partial charge in [0, 0.05) is 36.9 Å². The summed E-state index contributed by atoms with van der Waals surface area (Å²) in [5.74, 6) is 0.816. The molecule has 0 radical (unpaired) electrons. The summed E-state index contributed by atoms with van der Waals surface area (Å²) >= 11 is 5.89. The van der Waals surface area contributed by atoms with Gasteiger partial charge in [-0.25, -0.2) is 4.79 Å². The van der Waals surface area contributed by atoms with Gasteiger partial charge < -0.3 is 19.9 Å². The number of nitrogens with one attached hydrogen (secondary N) is 1. The van der Waals surface area contributed by atoms with Crippen LogP contribution in [0.2, 0.25) is 5.02 Å². The van der Waals surface area contributed by atoms with E-state index in [1.54, 1.807) is 29.2 Å². The Morgan fingerprint density at radius 1 is 0.966 bits per heavy atom. The lowest BCUT2D eigenvalue weighted by Gasteiger charge is -2.29. The standard InChI is InChI=1S/C22H24ClN3O3/c23-18-6-8-19(9-7-18)24-22(28)26-11-3-10-25(12-13-26)21(27)17-14-16-4-1-2-5-20(16)29-15-17/h1-2,4-9,17H,3,10-15H2,(H,24,28). The van der Waals surface area contributed by atoms with Gasteiger partial charge in [0.05, 0.1) is 5.92 Å². The van der Waals surface area contributed by atoms with E-state index in [9.17, 15) is 9.59 Å². The molecule has 2 aliphatic heterocycles. The van der Waals surface area contributed by atoms with Crippen molar-refractivity contribution in [2.24, 2.45) is 5.92 Å². The summed E-state index contributed by atoms with van der Waals surface area (Å²) in [5.41, 5.74) is 1.78. The van der Waals surface area contributed by atoms with Crippen molar-refractivity contribution in [3.8, 4) is 5.75 Å². The van der Waals surface area contributed by atoms with Gasteiger partial charge in [0.15, 0.2) is 0 Å². The molecular formula is C22H24ClN3O3. The molecule has 4 rings (SSSR count). The van der Waals surface area contributed by atoms with E-state index in [2.05, 4.69) is 5.32 Å². The number of carbonyl (C=O) groups is 2. The number of nitrogens with zero attached hydrogens (tertiary/aromatic N) is 2. The first kappa shape index (κ1) is 19.6. The zero-order valence-electron chi connectivity index (χ0n) is 16.1. The maximum atomic E-state index is 13.0. The minimum atomic E-state index is -0.167. The number of hydrogen-bond donors (Lipinski definition) is 1. The highest BCUT2D eigenvalue weighted by Crippen LogP contribution is 2.28. The molecule has 0 saturated carbocycles. The summed E-state index contributed by atoms with van der Waals surface area (Å²) in [6.07, 6.45) is 1.45. The Hall–Kier alpha value is -2.73. The predicted octanol–water partition coefficient (Wildman–Crippen LogP) is 3.66. The second kappa shape index (κ2) is 8.74. The number of carbonyl (C=O) groups excluding carboxylic acids is 2. The molecule has 1 fully saturated rings. The summed E-state index contributed by atoms with van der Waals surface area (Å²) in [7, 11) is 0. The lowest BCUT2D eigenvalue weighted by Crippen LogP contribution is -2.43. The van der Waals surface area contributed by atoms with E-state index in [-0.39, 0.29) is 17.9 Å². The lowest BCUT2D eigenvalue weighted by atomic mass is 9.95. The smallest absolute Gasteiger partial charge is 0.321 e. The van der Waals surface area contributed by atoms with Gasteiger partial charge in [0.2, 0.25) is 5.91 Å². The molecule has 1 N–H and O–H groups in total. The molecular weight excluding hydrogens is 390 g/mol. The van der Waals surface area contributed by atoms with Crippen LogP contribution in [0.3, 0.4) is 0 Å². The Bertz CT molecular complexity index is 887. The molecule has 1 saturated heterocycles. The van der Waals surface area contributed by atoms with Crippen molar-refractivity contribution < 1.29 is 14.3 Å². The van der Waals surface area contributed by atoms with Crippen LogP contribution in [-0.2, 0) is 11.2 Å². The van der Waals surface area contributed by atoms with E-state index in [1.165, 1.54) is 0 Å². The minimum Gasteiger partial charge on any atom is -0.492 e. The van der Waals surface area contributed by atoms with E-state index in [0.717, 1.165) is 17.7 Å². The molecule has 2 aromatic carbocycles. The molecule has 7 heteroatoms. The third-order valence-electron chi connectivity index (χ3n) is 5.42. The second-order valence-corrected chi connectivity index (χ2v) is 7.86. The second-order valence-electron chi connectivity index (χ2n) is 7.42. The maximum Gasteiger partial charge on any atom is 0.321 e. The van der Waals surface area contributed by atoms with E-state index >= 15 is 0 Å². The van der Waals surface area contributed by atoms with Gasteiger partial charge in [0.25, 0.3) is 0 Å². The minimum absolute atomic E-state index is 0.111. The summed E-state index contributed by atoms with van der Waals surface area (Å²) < 4.78 is 5.78. The highest BCUT2D eigenvalue weighted by atomic mass is 35.5. The molecule has 1 atom stereocenters. The van der Waals surface area contributed by atoms with Crippen molar-refractivity contribution in [3.63, 3.8) is 0 Å². The third kappa shape index (κ3) is 4.65. The first-order valence-corrected chi connectivity index (χ1v) is 10.3. The molecule has 0 spiro atoms. The number of halogens is 1. The highest BCUT2D eigenvalue weighted by molar-refractivity contribution is 6.30. The fraction of sp³-hybridized carbons (Fsp3) is 0.364. The number of benzene rings is 2. The molecule has 29 heavy (non-hydrogen) atoms. The van der Waals surface area contributed by atoms with Crippen LogP contribution >= 0.6 is 11.6 Å². The number of para-hydroxylation sites is 1. The molecule has 6 nitrogen and oxygen atoms in total. The molecule has 0 aliphatic carbocycles. The van der Waals surface area contributed by atoms with Gasteiger partial charge in [-0.2, -0.15) is 0 Å². The number of urea groups is 1. The van der Waals surface area contributed by atoms with Crippen LogP contribution in [0.4, 0.5) is 10.5 Å². The van der Waals surface area contributed by atoms with Gasteiger partial charge in [0.1, 0.15) is 12.4 Å². The van der Waals surface area contributed by atoms with Crippen molar-refractivity contribution in [1.82, 2.24) is 9.80 Å². The lowest BCUT2D eigenvalue weighted by molar-refractivity contribution is -0.136. The van der Waals surface area contributed by atoms with Crippen LogP contribution in [0.25, 0.3) is 0 Å². The van der Waals surface area contributed by atoms with Crippen molar-refractivity contribution >= 4 is 29.2 Å². The largest absolute Gasteiger partial charge is 0.492 e. The van der Waals surface area contributed by atoms with Gasteiger partial charge >= 0.3 is 6.03 Å². The summed E-state index contributed by atoms with van der Waals surface area (Å²) in [6, 6.07) is 14.7. The Morgan fingerprint density at radius 3 is 2.52 bits per heavy atom. The van der Waals surface area contributed by atoms with E-state index < -0.39 is 0 Å². The quantitative estimate of drug-likeness (QED) is 0.817. The average Bonchev–Trinajstić information content (AvgIpc) is 3.01. The van der Waals surface area contributed by atoms with Gasteiger partial charge in [-0.15, -0.1) is 0 Å². The van der Waals surface area contributed by atoms with Crippen molar-refractivity contribution in [2.45, 2.75) is 12.8 Å².